The zero-order valence-corrected chi connectivity index (χ0v) is 11.0. The summed E-state index contributed by atoms with van der Waals surface area (Å²) in [7, 11) is -3.16. The number of phenolic OH excluding ortho intramolecular Hbond substituents is 4. The van der Waals surface area contributed by atoms with Gasteiger partial charge in [-0.3, -0.25) is 0 Å². The van der Waals surface area contributed by atoms with Gasteiger partial charge in [0, 0.05) is 12.1 Å². The molecule has 0 saturated heterocycles. The summed E-state index contributed by atoms with van der Waals surface area (Å²) >= 11 is 0. The number of hydrogen-bond donors (Lipinski definition) is 4. The molecule has 0 aliphatic heterocycles. The number of rotatable bonds is 4. The second-order valence-electron chi connectivity index (χ2n) is 3.76. The fraction of sp³-hybridized carbons (Fsp3) is 0. The molecule has 0 atom stereocenters. The third kappa shape index (κ3) is 3.27. The minimum atomic E-state index is -3.16. The smallest absolute Gasteiger partial charge is 0.419 e. The van der Waals surface area contributed by atoms with E-state index >= 15 is 0 Å². The maximum Gasteiger partial charge on any atom is 0.419 e. The molecule has 0 aromatic heterocycles. The summed E-state index contributed by atoms with van der Waals surface area (Å²) < 4.78 is 21.4. The topological polar surface area (TPSA) is 116 Å². The van der Waals surface area contributed by atoms with Gasteiger partial charge in [-0.25, -0.2) is 4.57 Å². The predicted octanol–water partition coefficient (Wildman–Crippen LogP) is 2.36. The minimum Gasteiger partial charge on any atom is -0.508 e. The molecule has 2 rings (SSSR count). The zero-order valence-electron chi connectivity index (χ0n) is 9.98. The van der Waals surface area contributed by atoms with Crippen LogP contribution in [0, 0.1) is 0 Å². The maximum absolute atomic E-state index is 11.7. The molecule has 0 unspecified atom stereocenters. The molecule has 4 N–H and O–H groups in total. The molecule has 2 aromatic rings. The molecule has 2 aromatic carbocycles. The van der Waals surface area contributed by atoms with E-state index < -0.39 is 8.25 Å². The van der Waals surface area contributed by atoms with Gasteiger partial charge in [0.05, 0.1) is 0 Å². The van der Waals surface area contributed by atoms with E-state index in [1.54, 1.807) is 0 Å². The third-order valence-electron chi connectivity index (χ3n) is 2.27. The Balaban J connectivity index is 2.13. The second-order valence-corrected chi connectivity index (χ2v) is 4.67. The van der Waals surface area contributed by atoms with Gasteiger partial charge in [-0.1, -0.05) is 0 Å². The average Bonchev–Trinajstić information content (AvgIpc) is 2.38. The minimum absolute atomic E-state index is 0.187. The van der Waals surface area contributed by atoms with Crippen molar-refractivity contribution in [1.29, 1.82) is 0 Å². The lowest BCUT2D eigenvalue weighted by atomic mass is 10.3. The largest absolute Gasteiger partial charge is 0.508 e. The summed E-state index contributed by atoms with van der Waals surface area (Å²) in [5.74, 6) is -1.49. The van der Waals surface area contributed by atoms with Gasteiger partial charge in [0.25, 0.3) is 0 Å². The fourth-order valence-electron chi connectivity index (χ4n) is 1.37. The Bertz CT molecular complexity index is 601. The van der Waals surface area contributed by atoms with Crippen molar-refractivity contribution in [2.45, 2.75) is 0 Å². The van der Waals surface area contributed by atoms with E-state index in [-0.39, 0.29) is 34.5 Å². The van der Waals surface area contributed by atoms with Crippen LogP contribution in [0.4, 0.5) is 0 Å². The van der Waals surface area contributed by atoms with Crippen LogP contribution in [0.15, 0.2) is 36.4 Å². The van der Waals surface area contributed by atoms with Crippen molar-refractivity contribution in [1.82, 2.24) is 0 Å². The summed E-state index contributed by atoms with van der Waals surface area (Å²) in [6, 6.07) is 6.88. The predicted molar refractivity (Wildman–Crippen MR) is 69.8 cm³/mol. The first-order valence-electron chi connectivity index (χ1n) is 5.39. The van der Waals surface area contributed by atoms with Gasteiger partial charge < -0.3 is 29.5 Å². The lowest BCUT2D eigenvalue weighted by molar-refractivity contribution is 0.376. The van der Waals surface area contributed by atoms with E-state index in [2.05, 4.69) is 0 Å². The van der Waals surface area contributed by atoms with Crippen molar-refractivity contribution in [3.05, 3.63) is 36.4 Å². The molecular formula is C12H11O7P. The second kappa shape index (κ2) is 5.63. The van der Waals surface area contributed by atoms with Gasteiger partial charge in [-0.15, -0.1) is 0 Å². The summed E-state index contributed by atoms with van der Waals surface area (Å²) in [5.41, 5.74) is 0. The first-order chi connectivity index (χ1) is 9.45. The number of benzene rings is 2. The van der Waals surface area contributed by atoms with Gasteiger partial charge in [0.2, 0.25) is 0 Å². The van der Waals surface area contributed by atoms with E-state index in [1.807, 2.05) is 0 Å². The normalized spacial score (nSPS) is 10.4. The summed E-state index contributed by atoms with van der Waals surface area (Å²) in [4.78, 5) is 0. The fourth-order valence-corrected chi connectivity index (χ4v) is 2.10. The van der Waals surface area contributed by atoms with Gasteiger partial charge >= 0.3 is 8.25 Å². The van der Waals surface area contributed by atoms with Crippen molar-refractivity contribution < 1.29 is 34.0 Å². The van der Waals surface area contributed by atoms with E-state index in [9.17, 15) is 25.0 Å². The first-order valence-corrected chi connectivity index (χ1v) is 6.62. The Kier molecular flexibility index (Phi) is 3.91. The summed E-state index contributed by atoms with van der Waals surface area (Å²) in [6.45, 7) is 0. The van der Waals surface area contributed by atoms with Crippen LogP contribution in [0.3, 0.4) is 0 Å². The summed E-state index contributed by atoms with van der Waals surface area (Å²) in [6.07, 6.45) is 0. The number of phenols is 4. The molecule has 0 bridgehead atoms. The monoisotopic (exact) mass is 298 g/mol. The van der Waals surface area contributed by atoms with Gasteiger partial charge in [-0.05, 0) is 24.3 Å². The van der Waals surface area contributed by atoms with Crippen molar-refractivity contribution in [2.24, 2.45) is 0 Å². The third-order valence-corrected chi connectivity index (χ3v) is 3.05. The molecule has 106 valence electrons. The lowest BCUT2D eigenvalue weighted by Gasteiger charge is -2.10. The zero-order chi connectivity index (χ0) is 14.7. The Morgan fingerprint density at radius 1 is 0.750 bits per heavy atom. The number of hydrogen-bond acceptors (Lipinski definition) is 7. The maximum atomic E-state index is 11.7. The van der Waals surface area contributed by atoms with Crippen LogP contribution in [0.5, 0.6) is 34.5 Å². The van der Waals surface area contributed by atoms with E-state index in [0.717, 1.165) is 24.3 Å². The molecule has 0 fully saturated rings. The highest BCUT2D eigenvalue weighted by Gasteiger charge is 2.12. The molecule has 0 spiro atoms. The average molecular weight is 298 g/mol. The van der Waals surface area contributed by atoms with Crippen LogP contribution in [-0.4, -0.2) is 20.4 Å². The van der Waals surface area contributed by atoms with Crippen LogP contribution in [0.2, 0.25) is 0 Å². The molecule has 0 radical (unpaired) electrons. The molecule has 0 heterocycles. The lowest BCUT2D eigenvalue weighted by Crippen LogP contribution is -1.89. The van der Waals surface area contributed by atoms with Crippen LogP contribution in [0.1, 0.15) is 0 Å². The number of aromatic hydroxyl groups is 4. The van der Waals surface area contributed by atoms with Crippen molar-refractivity contribution in [3.63, 3.8) is 0 Å². The highest BCUT2D eigenvalue weighted by atomic mass is 31.1. The highest BCUT2D eigenvalue weighted by molar-refractivity contribution is 7.34. The molecule has 0 saturated carbocycles. The molecular weight excluding hydrogens is 287 g/mol. The van der Waals surface area contributed by atoms with E-state index in [0.29, 0.717) is 0 Å². The van der Waals surface area contributed by atoms with Crippen molar-refractivity contribution >= 4 is 8.25 Å². The van der Waals surface area contributed by atoms with E-state index in [1.165, 1.54) is 12.1 Å². The Labute approximate surface area is 114 Å². The Hall–Kier alpha value is -2.53. The summed E-state index contributed by atoms with van der Waals surface area (Å²) in [5, 5.41) is 37.3. The first kappa shape index (κ1) is 13.9. The van der Waals surface area contributed by atoms with Crippen LogP contribution >= 0.6 is 8.25 Å². The molecule has 0 aliphatic rings. The highest BCUT2D eigenvalue weighted by Crippen LogP contribution is 2.40. The standard InChI is InChI=1S/C12H11O7P/c13-7-1-3-9(15)11(5-7)18-20(17)19-12-6-8(14)2-4-10(12)16/h1-6,13-16,20H. The van der Waals surface area contributed by atoms with Gasteiger partial charge in [0.1, 0.15) is 11.5 Å². The molecule has 0 amide bonds. The van der Waals surface area contributed by atoms with Crippen LogP contribution < -0.4 is 9.05 Å². The molecule has 0 aliphatic carbocycles. The van der Waals surface area contributed by atoms with Gasteiger partial charge in [0.15, 0.2) is 23.0 Å². The Morgan fingerprint density at radius 3 is 1.55 bits per heavy atom. The molecule has 20 heavy (non-hydrogen) atoms. The molecule has 7 nitrogen and oxygen atoms in total. The molecule has 8 heteroatoms. The van der Waals surface area contributed by atoms with Crippen LogP contribution in [-0.2, 0) is 4.57 Å². The van der Waals surface area contributed by atoms with E-state index in [4.69, 9.17) is 9.05 Å². The quantitative estimate of drug-likeness (QED) is 0.505. The van der Waals surface area contributed by atoms with Crippen molar-refractivity contribution in [3.8, 4) is 34.5 Å². The van der Waals surface area contributed by atoms with Gasteiger partial charge in [-0.2, -0.15) is 0 Å². The SMILES string of the molecule is O=[PH](Oc1cc(O)ccc1O)Oc1cc(O)ccc1O. The van der Waals surface area contributed by atoms with Crippen molar-refractivity contribution in [2.75, 3.05) is 0 Å². The Morgan fingerprint density at radius 2 is 1.15 bits per heavy atom. The van der Waals surface area contributed by atoms with Crippen LogP contribution in [0.25, 0.3) is 0 Å².